The molecule has 2 fully saturated rings. The average molecular weight is 504 g/mol. The lowest BCUT2D eigenvalue weighted by Gasteiger charge is -2.38. The van der Waals surface area contributed by atoms with Crippen molar-refractivity contribution in [3.8, 4) is 11.5 Å². The SMILES string of the molecule is COc1ccc([C@@H]2[C@H](C(=O)N3CCN(c4ccccc4F)CC3)CC(=O)N2c2ccc(OC)cc2)cc1. The van der Waals surface area contributed by atoms with Gasteiger partial charge in [0.1, 0.15) is 17.3 Å². The van der Waals surface area contributed by atoms with Crippen molar-refractivity contribution in [3.05, 3.63) is 84.2 Å². The Hall–Kier alpha value is -4.07. The standard InChI is InChI=1S/C29H30FN3O4/c1-36-22-11-7-20(8-12-22)28-24(19-27(34)33(28)21-9-13-23(37-2)14-10-21)29(35)32-17-15-31(16-18-32)26-6-4-3-5-25(26)30/h3-14,24,28H,15-19H2,1-2H3/t24-,28-/m1/s1. The van der Waals surface area contributed by atoms with Gasteiger partial charge in [0.25, 0.3) is 0 Å². The van der Waals surface area contributed by atoms with Gasteiger partial charge in [-0.25, -0.2) is 4.39 Å². The molecule has 0 aromatic heterocycles. The third kappa shape index (κ3) is 4.83. The molecule has 0 saturated carbocycles. The van der Waals surface area contributed by atoms with Crippen molar-refractivity contribution in [1.82, 2.24) is 4.90 Å². The highest BCUT2D eigenvalue weighted by Gasteiger charge is 2.47. The molecule has 2 aliphatic heterocycles. The highest BCUT2D eigenvalue weighted by Crippen LogP contribution is 2.43. The molecule has 0 radical (unpaired) electrons. The number of methoxy groups -OCH3 is 2. The van der Waals surface area contributed by atoms with Gasteiger partial charge < -0.3 is 24.2 Å². The summed E-state index contributed by atoms with van der Waals surface area (Å²) >= 11 is 0. The summed E-state index contributed by atoms with van der Waals surface area (Å²) in [4.78, 5) is 32.7. The summed E-state index contributed by atoms with van der Waals surface area (Å²) in [6.07, 6.45) is 0.120. The van der Waals surface area contributed by atoms with Crippen LogP contribution in [0.15, 0.2) is 72.8 Å². The number of carbonyl (C=O) groups is 2. The zero-order chi connectivity index (χ0) is 25.9. The van der Waals surface area contributed by atoms with E-state index < -0.39 is 12.0 Å². The molecule has 3 aromatic carbocycles. The summed E-state index contributed by atoms with van der Waals surface area (Å²) in [5, 5.41) is 0. The molecule has 8 heteroatoms. The van der Waals surface area contributed by atoms with E-state index in [2.05, 4.69) is 0 Å². The molecule has 192 valence electrons. The normalized spacial score (nSPS) is 19.8. The lowest BCUT2D eigenvalue weighted by Crippen LogP contribution is -2.51. The first-order valence-electron chi connectivity index (χ1n) is 12.4. The Balaban J connectivity index is 1.40. The number of carbonyl (C=O) groups excluding carboxylic acids is 2. The second-order valence-corrected chi connectivity index (χ2v) is 9.25. The van der Waals surface area contributed by atoms with Gasteiger partial charge in [0.05, 0.1) is 31.9 Å². The van der Waals surface area contributed by atoms with E-state index in [-0.39, 0.29) is 24.1 Å². The van der Waals surface area contributed by atoms with Crippen molar-refractivity contribution < 1.29 is 23.5 Å². The van der Waals surface area contributed by atoms with Gasteiger partial charge in [-0.3, -0.25) is 9.59 Å². The number of benzene rings is 3. The predicted octanol–water partition coefficient (Wildman–Crippen LogP) is 4.29. The molecule has 2 amide bonds. The minimum absolute atomic E-state index is 0.0571. The summed E-state index contributed by atoms with van der Waals surface area (Å²) < 4.78 is 24.9. The molecule has 2 heterocycles. The third-order valence-corrected chi connectivity index (χ3v) is 7.23. The van der Waals surface area contributed by atoms with E-state index in [0.717, 1.165) is 5.56 Å². The largest absolute Gasteiger partial charge is 0.497 e. The van der Waals surface area contributed by atoms with Crippen LogP contribution in [0.3, 0.4) is 0 Å². The van der Waals surface area contributed by atoms with E-state index in [4.69, 9.17) is 9.47 Å². The quantitative estimate of drug-likeness (QED) is 0.502. The van der Waals surface area contributed by atoms with E-state index in [1.165, 1.54) is 6.07 Å². The van der Waals surface area contributed by atoms with Crippen LogP contribution in [0.1, 0.15) is 18.0 Å². The van der Waals surface area contributed by atoms with Gasteiger partial charge >= 0.3 is 0 Å². The van der Waals surface area contributed by atoms with E-state index in [0.29, 0.717) is 49.1 Å². The fraction of sp³-hybridized carbons (Fsp3) is 0.310. The summed E-state index contributed by atoms with van der Waals surface area (Å²) in [6.45, 7) is 2.00. The Labute approximate surface area is 216 Å². The van der Waals surface area contributed by atoms with Crippen LogP contribution < -0.4 is 19.3 Å². The Morgan fingerprint density at radius 3 is 2.03 bits per heavy atom. The molecule has 3 aromatic rings. The smallest absolute Gasteiger partial charge is 0.228 e. The van der Waals surface area contributed by atoms with Gasteiger partial charge in [0, 0.05) is 38.3 Å². The monoisotopic (exact) mass is 503 g/mol. The molecule has 2 saturated heterocycles. The zero-order valence-electron chi connectivity index (χ0n) is 21.0. The van der Waals surface area contributed by atoms with Gasteiger partial charge in [-0.1, -0.05) is 24.3 Å². The molecular formula is C29H30FN3O4. The van der Waals surface area contributed by atoms with Crippen LogP contribution in [0.5, 0.6) is 11.5 Å². The number of hydrogen-bond acceptors (Lipinski definition) is 5. The number of rotatable bonds is 6. The molecule has 7 nitrogen and oxygen atoms in total. The topological polar surface area (TPSA) is 62.3 Å². The van der Waals surface area contributed by atoms with Gasteiger partial charge in [0.15, 0.2) is 0 Å². The number of hydrogen-bond donors (Lipinski definition) is 0. The lowest BCUT2D eigenvalue weighted by molar-refractivity contribution is -0.136. The second-order valence-electron chi connectivity index (χ2n) is 9.25. The molecule has 5 rings (SSSR count). The van der Waals surface area contributed by atoms with Crippen molar-refractivity contribution in [2.75, 3.05) is 50.2 Å². The van der Waals surface area contributed by atoms with Gasteiger partial charge in [-0.15, -0.1) is 0 Å². The highest BCUT2D eigenvalue weighted by atomic mass is 19.1. The van der Waals surface area contributed by atoms with Gasteiger partial charge in [0.2, 0.25) is 11.8 Å². The fourth-order valence-corrected chi connectivity index (χ4v) is 5.30. The molecule has 0 aliphatic carbocycles. The summed E-state index contributed by atoms with van der Waals surface area (Å²) in [7, 11) is 3.20. The maximum Gasteiger partial charge on any atom is 0.228 e. The molecular weight excluding hydrogens is 473 g/mol. The summed E-state index contributed by atoms with van der Waals surface area (Å²) in [5.74, 6) is 0.432. The van der Waals surface area contributed by atoms with Crippen molar-refractivity contribution in [3.63, 3.8) is 0 Å². The van der Waals surface area contributed by atoms with Crippen LogP contribution in [-0.4, -0.2) is 57.1 Å². The second kappa shape index (κ2) is 10.5. The third-order valence-electron chi connectivity index (χ3n) is 7.23. The van der Waals surface area contributed by atoms with Crippen LogP contribution in [0.4, 0.5) is 15.8 Å². The number of anilines is 2. The summed E-state index contributed by atoms with van der Waals surface area (Å²) in [5.41, 5.74) is 2.13. The summed E-state index contributed by atoms with van der Waals surface area (Å²) in [6, 6.07) is 21.1. The van der Waals surface area contributed by atoms with Crippen LogP contribution in [0, 0.1) is 11.7 Å². The molecule has 0 bridgehead atoms. The fourth-order valence-electron chi connectivity index (χ4n) is 5.30. The molecule has 2 atom stereocenters. The number of halogens is 1. The Morgan fingerprint density at radius 1 is 0.838 bits per heavy atom. The Morgan fingerprint density at radius 2 is 1.43 bits per heavy atom. The zero-order valence-corrected chi connectivity index (χ0v) is 21.0. The van der Waals surface area contributed by atoms with E-state index >= 15 is 0 Å². The predicted molar refractivity (Wildman–Crippen MR) is 140 cm³/mol. The molecule has 0 unspecified atom stereocenters. The average Bonchev–Trinajstić information content (AvgIpc) is 3.30. The number of nitrogens with zero attached hydrogens (tertiary/aromatic N) is 3. The minimum Gasteiger partial charge on any atom is -0.497 e. The van der Waals surface area contributed by atoms with Crippen molar-refractivity contribution in [2.45, 2.75) is 12.5 Å². The first-order chi connectivity index (χ1) is 18.0. The van der Waals surface area contributed by atoms with Gasteiger partial charge in [-0.2, -0.15) is 0 Å². The maximum absolute atomic E-state index is 14.3. The van der Waals surface area contributed by atoms with Crippen LogP contribution in [-0.2, 0) is 9.59 Å². The van der Waals surface area contributed by atoms with E-state index in [9.17, 15) is 14.0 Å². The van der Waals surface area contributed by atoms with E-state index in [1.54, 1.807) is 31.3 Å². The number of para-hydroxylation sites is 1. The molecule has 2 aliphatic rings. The Bertz CT molecular complexity index is 1260. The number of amides is 2. The number of ether oxygens (including phenoxy) is 2. The molecule has 0 spiro atoms. The Kier molecular flexibility index (Phi) is 6.99. The van der Waals surface area contributed by atoms with Crippen molar-refractivity contribution >= 4 is 23.2 Å². The van der Waals surface area contributed by atoms with Gasteiger partial charge in [-0.05, 0) is 54.1 Å². The lowest BCUT2D eigenvalue weighted by atomic mass is 9.91. The first kappa shape index (κ1) is 24.6. The maximum atomic E-state index is 14.3. The van der Waals surface area contributed by atoms with Crippen LogP contribution >= 0.6 is 0 Å². The highest BCUT2D eigenvalue weighted by molar-refractivity contribution is 6.01. The minimum atomic E-state index is -0.539. The van der Waals surface area contributed by atoms with E-state index in [1.807, 2.05) is 64.4 Å². The van der Waals surface area contributed by atoms with Crippen LogP contribution in [0.25, 0.3) is 0 Å². The number of piperazine rings is 1. The molecule has 0 N–H and O–H groups in total. The van der Waals surface area contributed by atoms with Crippen molar-refractivity contribution in [2.24, 2.45) is 5.92 Å². The van der Waals surface area contributed by atoms with Crippen molar-refractivity contribution in [1.29, 1.82) is 0 Å². The van der Waals surface area contributed by atoms with Crippen LogP contribution in [0.2, 0.25) is 0 Å². The molecule has 37 heavy (non-hydrogen) atoms. The first-order valence-corrected chi connectivity index (χ1v) is 12.4.